The first-order valence-electron chi connectivity index (χ1n) is 19.2. The zero-order valence-electron chi connectivity index (χ0n) is 30.0. The molecule has 0 N–H and O–H groups in total. The lowest BCUT2D eigenvalue weighted by atomic mass is 10.0. The maximum absolute atomic E-state index is 11.4. The van der Waals surface area contributed by atoms with Crippen LogP contribution in [0.3, 0.4) is 0 Å². The molecule has 48 heavy (non-hydrogen) atoms. The van der Waals surface area contributed by atoms with Crippen LogP contribution in [0.25, 0.3) is 21.5 Å². The molecular weight excluding hydrogens is 600 g/mol. The molecule has 0 amide bonds. The van der Waals surface area contributed by atoms with Crippen LogP contribution >= 0.6 is 0 Å². The quantitative estimate of drug-likeness (QED) is 0.0438. The zero-order chi connectivity index (χ0) is 34.1. The molecule has 0 radical (unpaired) electrons. The number of carbonyl (C=O) groups excluding carboxylic acids is 2. The summed E-state index contributed by atoms with van der Waals surface area (Å²) in [6.07, 6.45) is 22.1. The highest BCUT2D eigenvalue weighted by atomic mass is 16.5. The van der Waals surface area contributed by atoms with E-state index in [4.69, 9.17) is 18.9 Å². The summed E-state index contributed by atoms with van der Waals surface area (Å²) in [5.41, 5.74) is 0. The van der Waals surface area contributed by atoms with E-state index in [0.717, 1.165) is 84.8 Å². The molecule has 0 saturated carbocycles. The Hall–Kier alpha value is -3.28. The number of hydrogen-bond donors (Lipinski definition) is 0. The van der Waals surface area contributed by atoms with E-state index in [2.05, 4.69) is 48.5 Å². The third kappa shape index (κ3) is 14.9. The first-order valence-corrected chi connectivity index (χ1v) is 19.2. The molecule has 6 nitrogen and oxygen atoms in total. The molecule has 0 spiro atoms. The van der Waals surface area contributed by atoms with E-state index in [-0.39, 0.29) is 11.9 Å². The third-order valence-electron chi connectivity index (χ3n) is 8.99. The van der Waals surface area contributed by atoms with Gasteiger partial charge < -0.3 is 18.9 Å². The monoisotopic (exact) mass is 662 g/mol. The van der Waals surface area contributed by atoms with Gasteiger partial charge in [0.25, 0.3) is 0 Å². The lowest BCUT2D eigenvalue weighted by Gasteiger charge is -2.18. The largest absolute Gasteiger partial charge is 0.492 e. The van der Waals surface area contributed by atoms with Crippen molar-refractivity contribution in [2.45, 2.75) is 142 Å². The SMILES string of the molecule is CCOC(=O)CCCCCCCCCCCOc1c2ccccc2c(OCCCCCCCCCCCC(=O)OCC)c2ccccc12. The minimum Gasteiger partial charge on any atom is -0.492 e. The fourth-order valence-corrected chi connectivity index (χ4v) is 6.39. The van der Waals surface area contributed by atoms with Gasteiger partial charge in [0.1, 0.15) is 11.5 Å². The van der Waals surface area contributed by atoms with Crippen molar-refractivity contribution in [3.63, 3.8) is 0 Å². The second kappa shape index (κ2) is 24.8. The van der Waals surface area contributed by atoms with Gasteiger partial charge in [0.05, 0.1) is 26.4 Å². The van der Waals surface area contributed by atoms with Crippen molar-refractivity contribution in [3.05, 3.63) is 48.5 Å². The van der Waals surface area contributed by atoms with Gasteiger partial charge in [0.2, 0.25) is 0 Å². The summed E-state index contributed by atoms with van der Waals surface area (Å²) in [6.45, 7) is 6.10. The minimum atomic E-state index is -0.0632. The van der Waals surface area contributed by atoms with Crippen LogP contribution in [-0.4, -0.2) is 38.4 Å². The number of hydrogen-bond acceptors (Lipinski definition) is 6. The summed E-state index contributed by atoms with van der Waals surface area (Å²) in [4.78, 5) is 22.8. The molecule has 3 aromatic rings. The summed E-state index contributed by atoms with van der Waals surface area (Å²) < 4.78 is 23.0. The van der Waals surface area contributed by atoms with Gasteiger partial charge in [-0.05, 0) is 39.5 Å². The van der Waals surface area contributed by atoms with Crippen molar-refractivity contribution in [3.8, 4) is 11.5 Å². The minimum absolute atomic E-state index is 0.0632. The molecule has 0 unspecified atom stereocenters. The molecule has 0 aliphatic heterocycles. The Morgan fingerprint density at radius 3 is 0.979 bits per heavy atom. The molecule has 0 heterocycles. The first-order chi connectivity index (χ1) is 23.7. The van der Waals surface area contributed by atoms with Crippen LogP contribution in [0.4, 0.5) is 0 Å². The Morgan fingerprint density at radius 2 is 0.688 bits per heavy atom. The fourth-order valence-electron chi connectivity index (χ4n) is 6.39. The highest BCUT2D eigenvalue weighted by Crippen LogP contribution is 2.42. The lowest BCUT2D eigenvalue weighted by Crippen LogP contribution is -2.03. The van der Waals surface area contributed by atoms with Crippen LogP contribution < -0.4 is 9.47 Å². The van der Waals surface area contributed by atoms with Gasteiger partial charge in [-0.2, -0.15) is 0 Å². The lowest BCUT2D eigenvalue weighted by molar-refractivity contribution is -0.144. The van der Waals surface area contributed by atoms with E-state index in [9.17, 15) is 9.59 Å². The number of unbranched alkanes of at least 4 members (excludes halogenated alkanes) is 16. The number of rotatable bonds is 28. The number of esters is 2. The second-order valence-corrected chi connectivity index (χ2v) is 12.9. The Kier molecular flexibility index (Phi) is 20.2. The molecule has 0 bridgehead atoms. The maximum Gasteiger partial charge on any atom is 0.305 e. The van der Waals surface area contributed by atoms with Gasteiger partial charge >= 0.3 is 11.9 Å². The number of fused-ring (bicyclic) bond motifs is 2. The highest BCUT2D eigenvalue weighted by Gasteiger charge is 2.16. The third-order valence-corrected chi connectivity index (χ3v) is 8.99. The van der Waals surface area contributed by atoms with Crippen LogP contribution in [-0.2, 0) is 19.1 Å². The Balaban J connectivity index is 1.35. The van der Waals surface area contributed by atoms with Gasteiger partial charge in [-0.25, -0.2) is 0 Å². The first kappa shape index (κ1) is 39.2. The van der Waals surface area contributed by atoms with Gasteiger partial charge in [0, 0.05) is 34.4 Å². The van der Waals surface area contributed by atoms with Crippen LogP contribution in [0.1, 0.15) is 142 Å². The van der Waals surface area contributed by atoms with Crippen molar-refractivity contribution < 1.29 is 28.5 Å². The Bertz CT molecular complexity index is 1160. The predicted molar refractivity (Wildman–Crippen MR) is 198 cm³/mol. The highest BCUT2D eigenvalue weighted by molar-refractivity contribution is 6.11. The fraction of sp³-hybridized carbons (Fsp3) is 0.619. The number of ether oxygens (including phenoxy) is 4. The molecular formula is C42H62O6. The molecule has 0 atom stereocenters. The van der Waals surface area contributed by atoms with Crippen LogP contribution in [0, 0.1) is 0 Å². The topological polar surface area (TPSA) is 71.1 Å². The smallest absolute Gasteiger partial charge is 0.305 e. The molecule has 0 aliphatic carbocycles. The van der Waals surface area contributed by atoms with Gasteiger partial charge in [-0.1, -0.05) is 138 Å². The average molecular weight is 663 g/mol. The summed E-state index contributed by atoms with van der Waals surface area (Å²) in [7, 11) is 0. The summed E-state index contributed by atoms with van der Waals surface area (Å²) in [5, 5.41) is 4.49. The van der Waals surface area contributed by atoms with Crippen molar-refractivity contribution in [2.24, 2.45) is 0 Å². The van der Waals surface area contributed by atoms with E-state index in [1.165, 1.54) is 77.0 Å². The van der Waals surface area contributed by atoms with Crippen LogP contribution in [0.5, 0.6) is 11.5 Å². The molecule has 0 saturated heterocycles. The van der Waals surface area contributed by atoms with Gasteiger partial charge in [-0.15, -0.1) is 0 Å². The van der Waals surface area contributed by atoms with Crippen molar-refractivity contribution in [1.29, 1.82) is 0 Å². The second-order valence-electron chi connectivity index (χ2n) is 12.9. The molecule has 0 aromatic heterocycles. The maximum atomic E-state index is 11.4. The molecule has 3 aromatic carbocycles. The van der Waals surface area contributed by atoms with E-state index in [0.29, 0.717) is 26.1 Å². The van der Waals surface area contributed by atoms with Crippen molar-refractivity contribution in [1.82, 2.24) is 0 Å². The average Bonchev–Trinajstić information content (AvgIpc) is 3.09. The van der Waals surface area contributed by atoms with Gasteiger partial charge in [-0.3, -0.25) is 9.59 Å². The van der Waals surface area contributed by atoms with Crippen LogP contribution in [0.15, 0.2) is 48.5 Å². The van der Waals surface area contributed by atoms with Gasteiger partial charge in [0.15, 0.2) is 0 Å². The number of benzene rings is 3. The molecule has 6 heteroatoms. The standard InChI is InChI=1S/C42H62O6/c1-3-45-39(43)31-19-15-11-7-5-9-13-17-25-33-47-41-35-27-21-23-29-37(35)42(38-30-24-22-28-36(38)41)48-34-26-18-14-10-6-8-12-16-20-32-40(44)46-4-2/h21-24,27-30H,3-20,25-26,31-34H2,1-2H3. The van der Waals surface area contributed by atoms with Crippen LogP contribution in [0.2, 0.25) is 0 Å². The molecule has 0 aliphatic rings. The van der Waals surface area contributed by atoms with E-state index in [1.807, 2.05) is 13.8 Å². The summed E-state index contributed by atoms with van der Waals surface area (Å²) in [6, 6.07) is 17.0. The summed E-state index contributed by atoms with van der Waals surface area (Å²) >= 11 is 0. The molecule has 3 rings (SSSR count). The zero-order valence-corrected chi connectivity index (χ0v) is 30.0. The predicted octanol–water partition coefficient (Wildman–Crippen LogP) is 11.7. The van der Waals surface area contributed by atoms with E-state index in [1.54, 1.807) is 0 Å². The Morgan fingerprint density at radius 1 is 0.417 bits per heavy atom. The molecule has 0 fully saturated rings. The van der Waals surface area contributed by atoms with Crippen molar-refractivity contribution in [2.75, 3.05) is 26.4 Å². The van der Waals surface area contributed by atoms with Crippen molar-refractivity contribution >= 4 is 33.5 Å². The Labute approximate surface area is 290 Å². The number of carbonyl (C=O) groups is 2. The normalized spacial score (nSPS) is 11.2. The van der Waals surface area contributed by atoms with E-state index < -0.39 is 0 Å². The van der Waals surface area contributed by atoms with E-state index >= 15 is 0 Å². The summed E-state index contributed by atoms with van der Waals surface area (Å²) in [5.74, 6) is 1.81. The molecule has 266 valence electrons.